The zero-order valence-corrected chi connectivity index (χ0v) is 19.7. The Morgan fingerprint density at radius 2 is 2.03 bits per heavy atom. The van der Waals surface area contributed by atoms with Crippen molar-refractivity contribution in [1.82, 2.24) is 20.5 Å². The number of fused-ring (bicyclic) bond motifs is 1. The van der Waals surface area contributed by atoms with Gasteiger partial charge in [0.15, 0.2) is 0 Å². The Morgan fingerprint density at radius 3 is 2.84 bits per heavy atom. The summed E-state index contributed by atoms with van der Waals surface area (Å²) in [5.41, 5.74) is 3.77. The molecule has 0 saturated carbocycles. The summed E-state index contributed by atoms with van der Waals surface area (Å²) in [6.07, 6.45) is 7.14. The number of rotatable bonds is 10. The van der Waals surface area contributed by atoms with E-state index < -0.39 is 0 Å². The number of nitrogens with zero attached hydrogens (tertiary/aromatic N) is 2. The molecule has 0 spiro atoms. The Hall–Kier alpha value is -2.44. The first-order valence-electron chi connectivity index (χ1n) is 11.8. The lowest BCUT2D eigenvalue weighted by atomic mass is 9.70. The van der Waals surface area contributed by atoms with Crippen LogP contribution in [0.15, 0.2) is 46.5 Å². The fourth-order valence-electron chi connectivity index (χ4n) is 5.04. The van der Waals surface area contributed by atoms with Crippen molar-refractivity contribution in [2.75, 3.05) is 26.8 Å². The highest BCUT2D eigenvalue weighted by molar-refractivity contribution is 5.83. The van der Waals surface area contributed by atoms with Gasteiger partial charge in [0, 0.05) is 43.7 Å². The maximum absolute atomic E-state index is 6.08. The van der Waals surface area contributed by atoms with Crippen molar-refractivity contribution in [3.8, 4) is 0 Å². The van der Waals surface area contributed by atoms with Gasteiger partial charge in [-0.3, -0.25) is 0 Å². The number of nitrogens with one attached hydrogen (secondary N) is 2. The molecule has 1 aliphatic rings. The first-order chi connectivity index (χ1) is 15.5. The van der Waals surface area contributed by atoms with Gasteiger partial charge in [0.1, 0.15) is 0 Å². The largest absolute Gasteiger partial charge is 0.425 e. The number of benzene rings is 1. The highest BCUT2D eigenvalue weighted by atomic mass is 16.5. The quantitative estimate of drug-likeness (QED) is 0.353. The van der Waals surface area contributed by atoms with Gasteiger partial charge in [0.05, 0.1) is 13.0 Å². The van der Waals surface area contributed by atoms with E-state index in [1.54, 1.807) is 7.11 Å². The molecule has 32 heavy (non-hydrogen) atoms. The molecular weight excluding hydrogens is 400 g/mol. The number of hydrogen-bond donors (Lipinski definition) is 2. The Morgan fingerprint density at radius 1 is 1.22 bits per heavy atom. The van der Waals surface area contributed by atoms with Crippen molar-refractivity contribution in [2.45, 2.75) is 40.0 Å². The molecule has 0 unspecified atom stereocenters. The molecule has 0 fully saturated rings. The van der Waals surface area contributed by atoms with Crippen molar-refractivity contribution in [2.24, 2.45) is 23.7 Å². The van der Waals surface area contributed by atoms with Crippen LogP contribution in [0.25, 0.3) is 10.9 Å². The second kappa shape index (κ2) is 10.5. The minimum atomic E-state index is 0.457. The first kappa shape index (κ1) is 22.7. The minimum Gasteiger partial charge on any atom is -0.425 e. The third-order valence-electron chi connectivity index (χ3n) is 6.89. The van der Waals surface area contributed by atoms with Crippen LogP contribution in [0.4, 0.5) is 0 Å². The summed E-state index contributed by atoms with van der Waals surface area (Å²) in [7, 11) is 1.75. The third-order valence-corrected chi connectivity index (χ3v) is 6.89. The Balaban J connectivity index is 1.41. The van der Waals surface area contributed by atoms with Gasteiger partial charge in [-0.2, -0.15) is 0 Å². The van der Waals surface area contributed by atoms with Crippen LogP contribution in [0.2, 0.25) is 0 Å². The highest BCUT2D eigenvalue weighted by Gasteiger charge is 2.32. The van der Waals surface area contributed by atoms with Crippen LogP contribution in [0.5, 0.6) is 0 Å². The molecule has 0 bridgehead atoms. The first-order valence-corrected chi connectivity index (χ1v) is 11.8. The molecule has 0 aliphatic heterocycles. The van der Waals surface area contributed by atoms with Crippen molar-refractivity contribution < 1.29 is 9.15 Å². The van der Waals surface area contributed by atoms with Gasteiger partial charge in [0.2, 0.25) is 11.8 Å². The zero-order valence-electron chi connectivity index (χ0n) is 19.7. The number of hydrogen-bond acceptors (Lipinski definition) is 5. The molecule has 2 heterocycles. The number of para-hydroxylation sites is 1. The number of aromatic nitrogens is 3. The Kier molecular flexibility index (Phi) is 7.43. The van der Waals surface area contributed by atoms with Gasteiger partial charge in [-0.05, 0) is 48.6 Å². The van der Waals surface area contributed by atoms with Gasteiger partial charge >= 0.3 is 0 Å². The topological polar surface area (TPSA) is 76.0 Å². The van der Waals surface area contributed by atoms with Gasteiger partial charge in [-0.25, -0.2) is 0 Å². The monoisotopic (exact) mass is 436 g/mol. The summed E-state index contributed by atoms with van der Waals surface area (Å²) in [4.78, 5) is 3.32. The number of methoxy groups -OCH3 is 1. The van der Waals surface area contributed by atoms with E-state index in [1.165, 1.54) is 16.5 Å². The van der Waals surface area contributed by atoms with E-state index in [-0.39, 0.29) is 0 Å². The fraction of sp³-hybridized carbons (Fsp3) is 0.538. The molecule has 0 amide bonds. The average molecular weight is 437 g/mol. The van der Waals surface area contributed by atoms with Gasteiger partial charge in [-0.15, -0.1) is 10.2 Å². The van der Waals surface area contributed by atoms with Crippen LogP contribution < -0.4 is 5.32 Å². The molecule has 4 rings (SSSR count). The van der Waals surface area contributed by atoms with Crippen LogP contribution in [0, 0.1) is 23.7 Å². The number of aromatic amines is 1. The molecule has 0 saturated heterocycles. The molecule has 2 N–H and O–H groups in total. The smallest absolute Gasteiger partial charge is 0.221 e. The molecule has 1 aliphatic carbocycles. The van der Waals surface area contributed by atoms with Crippen LogP contribution in [0.3, 0.4) is 0 Å². The van der Waals surface area contributed by atoms with E-state index in [9.17, 15) is 0 Å². The minimum absolute atomic E-state index is 0.457. The van der Waals surface area contributed by atoms with E-state index in [0.717, 1.165) is 43.9 Å². The van der Waals surface area contributed by atoms with E-state index >= 15 is 0 Å². The maximum Gasteiger partial charge on any atom is 0.221 e. The van der Waals surface area contributed by atoms with Crippen LogP contribution in [-0.4, -0.2) is 42.0 Å². The summed E-state index contributed by atoms with van der Waals surface area (Å²) in [5, 5.41) is 13.5. The molecule has 3 atom stereocenters. The Bertz CT molecular complexity index is 1040. The summed E-state index contributed by atoms with van der Waals surface area (Å²) in [6.45, 7) is 9.59. The summed E-state index contributed by atoms with van der Waals surface area (Å²) >= 11 is 0. The summed E-state index contributed by atoms with van der Waals surface area (Å²) < 4.78 is 11.2. The molecule has 2 aromatic heterocycles. The second-order valence-electron chi connectivity index (χ2n) is 9.44. The van der Waals surface area contributed by atoms with Gasteiger partial charge in [0.25, 0.3) is 0 Å². The number of H-pyrrole nitrogens is 1. The van der Waals surface area contributed by atoms with Crippen molar-refractivity contribution in [1.29, 1.82) is 0 Å². The predicted octanol–water partition coefficient (Wildman–Crippen LogP) is 4.77. The van der Waals surface area contributed by atoms with Crippen molar-refractivity contribution in [3.05, 3.63) is 59.5 Å². The standard InChI is InChI=1S/C26H36N4O2/c1-17(2)23-12-19(18(3)11-20(23)15-27-9-10-31-4)13-25-29-30-26(32-25)14-21-16-28-24-8-6-5-7-22(21)24/h5-8,11,16-17,19-20,23,27-28H,9-10,12-15H2,1-4H3/t19-,20-,23-/m0/s1. The lowest BCUT2D eigenvalue weighted by Crippen LogP contribution is -2.35. The van der Waals surface area contributed by atoms with E-state index in [0.29, 0.717) is 36.0 Å². The zero-order chi connectivity index (χ0) is 22.5. The van der Waals surface area contributed by atoms with Crippen LogP contribution in [0.1, 0.15) is 44.5 Å². The third kappa shape index (κ3) is 5.30. The molecular formula is C26H36N4O2. The van der Waals surface area contributed by atoms with E-state index in [2.05, 4.69) is 65.5 Å². The van der Waals surface area contributed by atoms with E-state index in [4.69, 9.17) is 9.15 Å². The lowest BCUT2D eigenvalue weighted by molar-refractivity contribution is 0.188. The van der Waals surface area contributed by atoms with Gasteiger partial charge in [-0.1, -0.05) is 43.7 Å². The molecule has 6 heteroatoms. The molecule has 3 aromatic rings. The normalized spacial score (nSPS) is 21.4. The van der Waals surface area contributed by atoms with Crippen LogP contribution in [-0.2, 0) is 17.6 Å². The Labute approximate surface area is 190 Å². The summed E-state index contributed by atoms with van der Waals surface area (Å²) in [6, 6.07) is 8.31. The molecule has 1 aromatic carbocycles. The molecule has 0 radical (unpaired) electrons. The highest BCUT2D eigenvalue weighted by Crippen LogP contribution is 2.38. The predicted molar refractivity (Wildman–Crippen MR) is 128 cm³/mol. The lowest BCUT2D eigenvalue weighted by Gasteiger charge is -2.37. The molecule has 172 valence electrons. The van der Waals surface area contributed by atoms with Crippen LogP contribution >= 0.6 is 0 Å². The van der Waals surface area contributed by atoms with Crippen molar-refractivity contribution >= 4 is 10.9 Å². The van der Waals surface area contributed by atoms with Crippen molar-refractivity contribution in [3.63, 3.8) is 0 Å². The average Bonchev–Trinajstić information content (AvgIpc) is 3.40. The number of ether oxygens (including phenoxy) is 1. The number of allylic oxidation sites excluding steroid dienone is 1. The molecule has 6 nitrogen and oxygen atoms in total. The SMILES string of the molecule is COCCNC[C@@H]1C=C(C)[C@H](Cc2nnc(Cc3c[nH]c4ccccc34)o2)C[C@H]1C(C)C. The second-order valence-corrected chi connectivity index (χ2v) is 9.44. The maximum atomic E-state index is 6.08. The van der Waals surface area contributed by atoms with Gasteiger partial charge < -0.3 is 19.5 Å². The fourth-order valence-corrected chi connectivity index (χ4v) is 5.04. The summed E-state index contributed by atoms with van der Waals surface area (Å²) in [5.74, 6) is 3.73. The van der Waals surface area contributed by atoms with E-state index in [1.807, 2.05) is 12.3 Å².